The third-order valence-electron chi connectivity index (χ3n) is 10.4. The fraction of sp³-hybridized carbons (Fsp3) is 0.0625. The molecule has 2 heterocycles. The Labute approximate surface area is 296 Å². The number of allylic oxidation sites excluding steroid dienone is 5. The molecule has 0 bridgehead atoms. The van der Waals surface area contributed by atoms with E-state index in [0.29, 0.717) is 5.92 Å². The zero-order valence-electron chi connectivity index (χ0n) is 28.0. The van der Waals surface area contributed by atoms with Crippen molar-refractivity contribution in [3.63, 3.8) is 0 Å². The predicted octanol–water partition coefficient (Wildman–Crippen LogP) is 10.1. The highest BCUT2D eigenvalue weighted by Gasteiger charge is 2.26. The summed E-state index contributed by atoms with van der Waals surface area (Å²) in [6, 6.07) is 49.5. The molecule has 3 nitrogen and oxygen atoms in total. The maximum atomic E-state index is 6.92. The molecule has 6 aromatic carbocycles. The third kappa shape index (κ3) is 5.17. The van der Waals surface area contributed by atoms with Crippen LogP contribution in [0.3, 0.4) is 0 Å². The highest BCUT2D eigenvalue weighted by Crippen LogP contribution is 2.37. The highest BCUT2D eigenvalue weighted by molar-refractivity contribution is 6.13. The Balaban J connectivity index is 1.15. The van der Waals surface area contributed by atoms with E-state index in [-0.39, 0.29) is 6.17 Å². The lowest BCUT2D eigenvalue weighted by molar-refractivity contribution is 0.568. The second-order valence-electron chi connectivity index (χ2n) is 13.5. The fourth-order valence-corrected chi connectivity index (χ4v) is 7.86. The summed E-state index contributed by atoms with van der Waals surface area (Å²) in [6.45, 7) is 0. The highest BCUT2D eigenvalue weighted by atomic mass is 16.3. The summed E-state index contributed by atoms with van der Waals surface area (Å²) in [6.07, 6.45) is 14.1. The lowest BCUT2D eigenvalue weighted by atomic mass is 9.87. The van der Waals surface area contributed by atoms with Gasteiger partial charge in [0.25, 0.3) is 0 Å². The Kier molecular flexibility index (Phi) is 7.02. The molecule has 3 aliphatic rings. The zero-order valence-corrected chi connectivity index (χ0v) is 28.0. The number of rotatable bonds is 5. The van der Waals surface area contributed by atoms with Crippen LogP contribution in [0.5, 0.6) is 0 Å². The quantitative estimate of drug-likeness (QED) is 0.201. The van der Waals surface area contributed by atoms with Crippen LogP contribution in [0.25, 0.3) is 61.8 Å². The van der Waals surface area contributed by atoms with Gasteiger partial charge in [0.1, 0.15) is 17.2 Å². The molecule has 0 fully saturated rings. The van der Waals surface area contributed by atoms with E-state index in [4.69, 9.17) is 9.41 Å². The number of benzene rings is 6. The number of nitrogens with zero attached hydrogens (tertiary/aromatic N) is 1. The first-order chi connectivity index (χ1) is 25.3. The van der Waals surface area contributed by atoms with Crippen LogP contribution in [0.15, 0.2) is 179 Å². The van der Waals surface area contributed by atoms with Gasteiger partial charge in [-0.25, -0.2) is 0 Å². The van der Waals surface area contributed by atoms with Gasteiger partial charge in [0.15, 0.2) is 0 Å². The summed E-state index contributed by atoms with van der Waals surface area (Å²) in [5.74, 6) is 0.318. The summed E-state index contributed by atoms with van der Waals surface area (Å²) in [4.78, 5) is 5.37. The van der Waals surface area contributed by atoms with Gasteiger partial charge in [0.05, 0.1) is 5.71 Å². The summed E-state index contributed by atoms with van der Waals surface area (Å²) < 4.78 is 6.92. The first kappa shape index (κ1) is 29.5. The van der Waals surface area contributed by atoms with Crippen LogP contribution >= 0.6 is 0 Å². The van der Waals surface area contributed by atoms with Crippen molar-refractivity contribution in [2.24, 2.45) is 10.9 Å². The summed E-state index contributed by atoms with van der Waals surface area (Å²) >= 11 is 0. The smallest absolute Gasteiger partial charge is 0.146 e. The summed E-state index contributed by atoms with van der Waals surface area (Å²) in [7, 11) is 0. The molecule has 7 aromatic rings. The standard InChI is InChI=1S/C48H34N2O/c1-3-13-34(14-4-1)43-30-44(35-15-5-2-6-16-35)50-48(49-43)41-27-26-40(47-46(41)42-28-36-17-7-8-18-37(36)29-45(42)51-47)33-24-22-32(23-25-33)39-21-11-19-31-12-9-10-20-38(31)39/h1-17,19-30,37,48-49H,18H2. The van der Waals surface area contributed by atoms with Crippen molar-refractivity contribution in [3.8, 4) is 22.3 Å². The molecule has 51 heavy (non-hydrogen) atoms. The average molecular weight is 655 g/mol. The largest absolute Gasteiger partial charge is 0.456 e. The monoisotopic (exact) mass is 654 g/mol. The molecule has 0 saturated heterocycles. The first-order valence-electron chi connectivity index (χ1n) is 17.7. The van der Waals surface area contributed by atoms with E-state index in [2.05, 4.69) is 175 Å². The number of hydrogen-bond acceptors (Lipinski definition) is 3. The second kappa shape index (κ2) is 12.2. The number of aliphatic imine (C=N–C) groups is 1. The molecule has 2 unspecified atom stereocenters. The Bertz CT molecular complexity index is 2720. The van der Waals surface area contributed by atoms with Crippen molar-refractivity contribution in [1.29, 1.82) is 0 Å². The SMILES string of the molecule is C1=CCC2C=c3oc4c(-c5ccc(-c6cccc7ccccc67)cc5)ccc(C5N=C(c6ccccc6)C=C(c6ccccc6)N5)c4c3=CC2=C1. The zero-order chi connectivity index (χ0) is 33.7. The molecule has 0 radical (unpaired) electrons. The molecule has 10 rings (SSSR count). The lowest BCUT2D eigenvalue weighted by Crippen LogP contribution is -2.29. The van der Waals surface area contributed by atoms with Crippen molar-refractivity contribution in [1.82, 2.24) is 5.32 Å². The van der Waals surface area contributed by atoms with E-state index in [0.717, 1.165) is 67.3 Å². The maximum absolute atomic E-state index is 6.92. The molecule has 0 amide bonds. The van der Waals surface area contributed by atoms with Crippen LogP contribution in [0, 0.1) is 5.92 Å². The van der Waals surface area contributed by atoms with Gasteiger partial charge in [-0.1, -0.05) is 158 Å². The van der Waals surface area contributed by atoms with Gasteiger partial charge in [-0.05, 0) is 68.8 Å². The van der Waals surface area contributed by atoms with Crippen molar-refractivity contribution in [3.05, 3.63) is 197 Å². The Morgan fingerprint density at radius 3 is 2.18 bits per heavy atom. The van der Waals surface area contributed by atoms with Crippen molar-refractivity contribution in [2.75, 3.05) is 0 Å². The molecule has 1 aliphatic heterocycles. The molecular formula is C48H34N2O. The van der Waals surface area contributed by atoms with Crippen LogP contribution in [-0.2, 0) is 0 Å². The Hall–Kier alpha value is -6.45. The van der Waals surface area contributed by atoms with Crippen molar-refractivity contribution < 1.29 is 4.42 Å². The van der Waals surface area contributed by atoms with Crippen LogP contribution in [0.4, 0.5) is 0 Å². The van der Waals surface area contributed by atoms with Crippen molar-refractivity contribution >= 4 is 45.3 Å². The van der Waals surface area contributed by atoms with Gasteiger partial charge in [-0.3, -0.25) is 4.99 Å². The number of fused-ring (bicyclic) bond motifs is 5. The molecular weight excluding hydrogens is 621 g/mol. The van der Waals surface area contributed by atoms with E-state index < -0.39 is 0 Å². The third-order valence-corrected chi connectivity index (χ3v) is 10.4. The molecule has 1 N–H and O–H groups in total. The van der Waals surface area contributed by atoms with Gasteiger partial charge >= 0.3 is 0 Å². The molecule has 0 spiro atoms. The minimum absolute atomic E-state index is 0.318. The Morgan fingerprint density at radius 1 is 0.627 bits per heavy atom. The maximum Gasteiger partial charge on any atom is 0.146 e. The lowest BCUT2D eigenvalue weighted by Gasteiger charge is -2.26. The van der Waals surface area contributed by atoms with E-state index in [1.165, 1.54) is 27.5 Å². The molecule has 242 valence electrons. The number of hydrogen-bond donors (Lipinski definition) is 1. The molecule has 0 saturated carbocycles. The van der Waals surface area contributed by atoms with Gasteiger partial charge in [0.2, 0.25) is 0 Å². The fourth-order valence-electron chi connectivity index (χ4n) is 7.86. The minimum Gasteiger partial charge on any atom is -0.456 e. The average Bonchev–Trinajstić information content (AvgIpc) is 3.58. The second-order valence-corrected chi connectivity index (χ2v) is 13.5. The van der Waals surface area contributed by atoms with Gasteiger partial charge in [0, 0.05) is 33.3 Å². The van der Waals surface area contributed by atoms with Crippen molar-refractivity contribution in [2.45, 2.75) is 12.6 Å². The summed E-state index contributed by atoms with van der Waals surface area (Å²) in [5.41, 5.74) is 13.1. The minimum atomic E-state index is -0.321. The molecule has 2 atom stereocenters. The van der Waals surface area contributed by atoms with Gasteiger partial charge < -0.3 is 9.73 Å². The topological polar surface area (TPSA) is 37.5 Å². The predicted molar refractivity (Wildman–Crippen MR) is 211 cm³/mol. The van der Waals surface area contributed by atoms with E-state index in [9.17, 15) is 0 Å². The first-order valence-corrected chi connectivity index (χ1v) is 17.7. The number of nitrogens with one attached hydrogen (secondary N) is 1. The summed E-state index contributed by atoms with van der Waals surface area (Å²) in [5, 5.41) is 8.55. The van der Waals surface area contributed by atoms with E-state index in [1.54, 1.807) is 0 Å². The normalized spacial score (nSPS) is 17.7. The Morgan fingerprint density at radius 2 is 1.35 bits per heavy atom. The molecule has 2 aliphatic carbocycles. The molecule has 3 heteroatoms. The molecule has 1 aromatic heterocycles. The van der Waals surface area contributed by atoms with E-state index in [1.807, 2.05) is 6.07 Å². The van der Waals surface area contributed by atoms with Crippen LogP contribution in [0.2, 0.25) is 0 Å². The number of furan rings is 1. The van der Waals surface area contributed by atoms with Gasteiger partial charge in [-0.2, -0.15) is 0 Å². The van der Waals surface area contributed by atoms with Crippen LogP contribution in [0.1, 0.15) is 29.3 Å². The van der Waals surface area contributed by atoms with Crippen LogP contribution < -0.4 is 16.0 Å². The van der Waals surface area contributed by atoms with Gasteiger partial charge in [-0.15, -0.1) is 0 Å². The van der Waals surface area contributed by atoms with E-state index >= 15 is 0 Å². The van der Waals surface area contributed by atoms with Crippen LogP contribution in [-0.4, -0.2) is 5.71 Å².